The zero-order valence-corrected chi connectivity index (χ0v) is 17.8. The first-order valence-corrected chi connectivity index (χ1v) is 10.9. The van der Waals surface area contributed by atoms with Gasteiger partial charge >= 0.3 is 5.97 Å². The van der Waals surface area contributed by atoms with E-state index in [4.69, 9.17) is 22.1 Å². The number of amides is 1. The lowest BCUT2D eigenvalue weighted by molar-refractivity contribution is -0.137. The normalized spacial score (nSPS) is 15.5. The smallest absolute Gasteiger partial charge is 0.305 e. The van der Waals surface area contributed by atoms with Gasteiger partial charge in [0.1, 0.15) is 10.1 Å². The molecule has 1 amide bonds. The van der Waals surface area contributed by atoms with E-state index >= 15 is 0 Å². The average Bonchev–Trinajstić information content (AvgIpc) is 2.93. The van der Waals surface area contributed by atoms with Crippen LogP contribution in [-0.4, -0.2) is 39.4 Å². The number of unbranched alkanes of at least 4 members (excludes halogenated alkanes) is 5. The number of aliphatic carboxylic acids is 1. The van der Waals surface area contributed by atoms with Gasteiger partial charge < -0.3 is 9.84 Å². The van der Waals surface area contributed by atoms with E-state index in [1.54, 1.807) is 6.08 Å². The lowest BCUT2D eigenvalue weighted by Gasteiger charge is -2.12. The van der Waals surface area contributed by atoms with Crippen LogP contribution in [0.15, 0.2) is 29.2 Å². The summed E-state index contributed by atoms with van der Waals surface area (Å²) in [6.45, 7) is 3.03. The lowest BCUT2D eigenvalue weighted by atomic mass is 10.1. The van der Waals surface area contributed by atoms with E-state index in [-0.39, 0.29) is 18.9 Å². The molecule has 0 atom stereocenters. The van der Waals surface area contributed by atoms with Crippen LogP contribution in [0.4, 0.5) is 0 Å². The number of rotatable bonds is 12. The van der Waals surface area contributed by atoms with Crippen molar-refractivity contribution >= 4 is 46.3 Å². The molecule has 1 aromatic rings. The van der Waals surface area contributed by atoms with Crippen molar-refractivity contribution in [3.63, 3.8) is 0 Å². The minimum atomic E-state index is -0.949. The largest absolute Gasteiger partial charge is 0.494 e. The molecular weight excluding hydrogens is 394 g/mol. The molecule has 1 N–H and O–H groups in total. The Hall–Kier alpha value is -1.86. The molecule has 1 heterocycles. The van der Waals surface area contributed by atoms with E-state index in [1.807, 2.05) is 24.3 Å². The number of ether oxygens (including phenoxy) is 1. The molecule has 7 heteroatoms. The zero-order valence-electron chi connectivity index (χ0n) is 16.2. The average molecular weight is 422 g/mol. The Balaban J connectivity index is 1.82. The molecule has 1 aliphatic rings. The Morgan fingerprint density at radius 2 is 1.86 bits per heavy atom. The molecule has 1 aromatic carbocycles. The standard InChI is InChI=1S/C21H27NO4S2/c1-2-3-4-5-6-7-14-26-17-10-8-16(9-11-17)15-18-20(25)22(21(27)28-18)13-12-19(23)24/h8-11,15H,2-7,12-14H2,1H3,(H,23,24)/b18-15+. The molecule has 0 aromatic heterocycles. The summed E-state index contributed by atoms with van der Waals surface area (Å²) in [6.07, 6.45) is 9.04. The van der Waals surface area contributed by atoms with Gasteiger partial charge in [0.25, 0.3) is 5.91 Å². The predicted octanol–water partition coefficient (Wildman–Crippen LogP) is 5.10. The van der Waals surface area contributed by atoms with Crippen LogP contribution in [0.3, 0.4) is 0 Å². The maximum absolute atomic E-state index is 12.4. The Labute approximate surface area is 176 Å². The van der Waals surface area contributed by atoms with Crippen molar-refractivity contribution in [1.82, 2.24) is 4.90 Å². The third-order valence-electron chi connectivity index (χ3n) is 4.37. The van der Waals surface area contributed by atoms with Crippen LogP contribution in [0.1, 0.15) is 57.4 Å². The summed E-state index contributed by atoms with van der Waals surface area (Å²) in [6, 6.07) is 7.60. The van der Waals surface area contributed by atoms with Crippen molar-refractivity contribution in [2.45, 2.75) is 51.9 Å². The van der Waals surface area contributed by atoms with Gasteiger partial charge in [-0.2, -0.15) is 0 Å². The molecule has 0 saturated carbocycles. The second kappa shape index (κ2) is 11.9. The summed E-state index contributed by atoms with van der Waals surface area (Å²) in [5.41, 5.74) is 0.880. The van der Waals surface area contributed by atoms with Gasteiger partial charge in [0.2, 0.25) is 0 Å². The molecule has 28 heavy (non-hydrogen) atoms. The van der Waals surface area contributed by atoms with Gasteiger partial charge in [-0.1, -0.05) is 75.1 Å². The highest BCUT2D eigenvalue weighted by atomic mass is 32.2. The number of thioether (sulfide) groups is 1. The first-order valence-electron chi connectivity index (χ1n) is 9.71. The molecule has 0 unspecified atom stereocenters. The zero-order chi connectivity index (χ0) is 20.4. The topological polar surface area (TPSA) is 66.8 Å². The van der Waals surface area contributed by atoms with Crippen molar-refractivity contribution in [2.24, 2.45) is 0 Å². The highest BCUT2D eigenvalue weighted by Gasteiger charge is 2.31. The molecule has 5 nitrogen and oxygen atoms in total. The number of carboxylic acid groups (broad SMARTS) is 1. The monoisotopic (exact) mass is 421 g/mol. The molecule has 0 bridgehead atoms. The van der Waals surface area contributed by atoms with E-state index in [0.29, 0.717) is 15.8 Å². The van der Waals surface area contributed by atoms with Crippen molar-refractivity contribution in [1.29, 1.82) is 0 Å². The van der Waals surface area contributed by atoms with Crippen LogP contribution in [0.5, 0.6) is 5.75 Å². The van der Waals surface area contributed by atoms with Crippen LogP contribution in [-0.2, 0) is 9.59 Å². The summed E-state index contributed by atoms with van der Waals surface area (Å²) < 4.78 is 6.17. The van der Waals surface area contributed by atoms with Crippen LogP contribution >= 0.6 is 24.0 Å². The molecule has 1 saturated heterocycles. The van der Waals surface area contributed by atoms with Gasteiger partial charge in [0.15, 0.2) is 0 Å². The fourth-order valence-electron chi connectivity index (χ4n) is 2.78. The van der Waals surface area contributed by atoms with E-state index in [0.717, 1.165) is 17.7 Å². The van der Waals surface area contributed by atoms with Gasteiger partial charge in [-0.05, 0) is 30.2 Å². The predicted molar refractivity (Wildman–Crippen MR) is 117 cm³/mol. The first kappa shape index (κ1) is 22.4. The van der Waals surface area contributed by atoms with Crippen molar-refractivity contribution < 1.29 is 19.4 Å². The van der Waals surface area contributed by atoms with Crippen LogP contribution in [0, 0.1) is 0 Å². The number of nitrogens with zero attached hydrogens (tertiary/aromatic N) is 1. The molecule has 0 aliphatic carbocycles. The Bertz CT molecular complexity index is 716. The fraction of sp³-hybridized carbons (Fsp3) is 0.476. The number of thiocarbonyl (C=S) groups is 1. The molecule has 0 spiro atoms. The number of carbonyl (C=O) groups excluding carboxylic acids is 1. The fourth-order valence-corrected chi connectivity index (χ4v) is 4.09. The Kier molecular flexibility index (Phi) is 9.50. The SMILES string of the molecule is CCCCCCCCOc1ccc(/C=C2/SC(=S)N(CCC(=O)O)C2=O)cc1. The number of hydrogen-bond acceptors (Lipinski definition) is 5. The number of carboxylic acids is 1. The van der Waals surface area contributed by atoms with Gasteiger partial charge in [-0.3, -0.25) is 14.5 Å². The maximum atomic E-state index is 12.4. The second-order valence-electron chi connectivity index (χ2n) is 6.66. The van der Waals surface area contributed by atoms with Gasteiger partial charge in [0, 0.05) is 6.54 Å². The minimum absolute atomic E-state index is 0.0998. The summed E-state index contributed by atoms with van der Waals surface area (Å²) in [5, 5.41) is 8.78. The van der Waals surface area contributed by atoms with Crippen molar-refractivity contribution in [3.05, 3.63) is 34.7 Å². The van der Waals surface area contributed by atoms with E-state index in [9.17, 15) is 9.59 Å². The van der Waals surface area contributed by atoms with Crippen molar-refractivity contribution in [3.8, 4) is 5.75 Å². The van der Waals surface area contributed by atoms with Crippen LogP contribution in [0.2, 0.25) is 0 Å². The quantitative estimate of drug-likeness (QED) is 0.288. The van der Waals surface area contributed by atoms with Gasteiger partial charge in [0.05, 0.1) is 17.9 Å². The third-order valence-corrected chi connectivity index (χ3v) is 5.75. The summed E-state index contributed by atoms with van der Waals surface area (Å²) >= 11 is 6.39. The molecular formula is C21H27NO4S2. The highest BCUT2D eigenvalue weighted by molar-refractivity contribution is 8.26. The Morgan fingerprint density at radius 1 is 1.18 bits per heavy atom. The van der Waals surface area contributed by atoms with Crippen LogP contribution < -0.4 is 4.74 Å². The first-order chi connectivity index (χ1) is 13.5. The summed E-state index contributed by atoms with van der Waals surface area (Å²) in [4.78, 5) is 25.0. The number of carbonyl (C=O) groups is 2. The third kappa shape index (κ3) is 7.28. The summed E-state index contributed by atoms with van der Waals surface area (Å²) in [5.74, 6) is -0.367. The minimum Gasteiger partial charge on any atom is -0.494 e. The van der Waals surface area contributed by atoms with E-state index in [2.05, 4.69) is 6.92 Å². The highest BCUT2D eigenvalue weighted by Crippen LogP contribution is 2.32. The molecule has 152 valence electrons. The summed E-state index contributed by atoms with van der Waals surface area (Å²) in [7, 11) is 0. The van der Waals surface area contributed by atoms with Crippen molar-refractivity contribution in [2.75, 3.05) is 13.2 Å². The van der Waals surface area contributed by atoms with Gasteiger partial charge in [-0.25, -0.2) is 0 Å². The Morgan fingerprint density at radius 3 is 2.54 bits per heavy atom. The van der Waals surface area contributed by atoms with E-state index < -0.39 is 5.97 Å². The molecule has 1 aliphatic heterocycles. The molecule has 2 rings (SSSR count). The molecule has 1 fully saturated rings. The maximum Gasteiger partial charge on any atom is 0.305 e. The number of hydrogen-bond donors (Lipinski definition) is 1. The van der Waals surface area contributed by atoms with Crippen LogP contribution in [0.25, 0.3) is 6.08 Å². The second-order valence-corrected chi connectivity index (χ2v) is 8.34. The lowest BCUT2D eigenvalue weighted by Crippen LogP contribution is -2.30. The molecule has 0 radical (unpaired) electrons. The van der Waals surface area contributed by atoms with Gasteiger partial charge in [-0.15, -0.1) is 0 Å². The van der Waals surface area contributed by atoms with E-state index in [1.165, 1.54) is 48.8 Å². The number of benzene rings is 1.